The molecule has 5 nitrogen and oxygen atoms in total. The van der Waals surface area contributed by atoms with Gasteiger partial charge < -0.3 is 4.74 Å². The van der Waals surface area contributed by atoms with Crippen molar-refractivity contribution < 1.29 is 18.3 Å². The van der Waals surface area contributed by atoms with E-state index in [9.17, 15) is 14.0 Å². The molecule has 0 aliphatic heterocycles. The molecule has 1 aliphatic rings. The van der Waals surface area contributed by atoms with Crippen molar-refractivity contribution in [1.82, 2.24) is 9.55 Å². The van der Waals surface area contributed by atoms with Crippen LogP contribution in [0.3, 0.4) is 0 Å². The van der Waals surface area contributed by atoms with Gasteiger partial charge >= 0.3 is 5.97 Å². The number of nitrogens with zero attached hydrogens (tertiary/aromatic N) is 2. The molecule has 2 aromatic heterocycles. The molecular weight excluding hydrogens is 498 g/mol. The van der Waals surface area contributed by atoms with Crippen molar-refractivity contribution in [3.8, 4) is 16.9 Å². The van der Waals surface area contributed by atoms with Gasteiger partial charge in [-0.1, -0.05) is 29.8 Å². The third-order valence-electron chi connectivity index (χ3n) is 6.85. The van der Waals surface area contributed by atoms with Crippen LogP contribution in [-0.4, -0.2) is 22.6 Å². The number of pyridine rings is 2. The molecule has 0 saturated heterocycles. The monoisotopic (exact) mass is 520 g/mol. The summed E-state index contributed by atoms with van der Waals surface area (Å²) in [7, 11) is 1.18. The number of carbonyl (C=O) groups excluding carboxylic acids is 1. The first-order valence-electron chi connectivity index (χ1n) is 11.7. The molecule has 1 aliphatic carbocycles. The van der Waals surface area contributed by atoms with Gasteiger partial charge in [0.15, 0.2) is 0 Å². The van der Waals surface area contributed by atoms with E-state index in [1.54, 1.807) is 37.4 Å². The van der Waals surface area contributed by atoms with E-state index >= 15 is 4.39 Å². The van der Waals surface area contributed by atoms with Crippen LogP contribution in [0.25, 0.3) is 16.9 Å². The number of hydrogen-bond donors (Lipinski definition) is 0. The summed E-state index contributed by atoms with van der Waals surface area (Å²) in [5, 5.41) is 0.122. The predicted octanol–water partition coefficient (Wildman–Crippen LogP) is 6.51. The van der Waals surface area contributed by atoms with Crippen LogP contribution in [0.2, 0.25) is 5.02 Å². The lowest BCUT2D eigenvalue weighted by molar-refractivity contribution is 0.0595. The quantitative estimate of drug-likeness (QED) is 0.282. The van der Waals surface area contributed by atoms with Crippen molar-refractivity contribution in [2.75, 3.05) is 7.11 Å². The van der Waals surface area contributed by atoms with Crippen LogP contribution in [0, 0.1) is 25.5 Å². The van der Waals surface area contributed by atoms with Crippen LogP contribution in [0.15, 0.2) is 65.6 Å². The maximum absolute atomic E-state index is 15.1. The summed E-state index contributed by atoms with van der Waals surface area (Å²) in [6, 6.07) is 14.3. The highest BCUT2D eigenvalue weighted by Gasteiger charge is 2.41. The Morgan fingerprint density at radius 1 is 1.08 bits per heavy atom. The third-order valence-corrected chi connectivity index (χ3v) is 7.22. The van der Waals surface area contributed by atoms with Crippen molar-refractivity contribution in [3.63, 3.8) is 0 Å². The largest absolute Gasteiger partial charge is 0.465 e. The van der Waals surface area contributed by atoms with Gasteiger partial charge in [0.05, 0.1) is 24.1 Å². The molecule has 8 heteroatoms. The Hall–Kier alpha value is -3.84. The minimum atomic E-state index is -0.792. The van der Waals surface area contributed by atoms with Gasteiger partial charge in [-0.25, -0.2) is 13.6 Å². The van der Waals surface area contributed by atoms with Gasteiger partial charge in [-0.2, -0.15) is 0 Å². The lowest BCUT2D eigenvalue weighted by atomic mass is 10.0. The van der Waals surface area contributed by atoms with E-state index in [-0.39, 0.29) is 45.1 Å². The Kier molecular flexibility index (Phi) is 6.42. The SMILES string of the molecule is COC(=O)c1cccc(-c2cc(-n3c(C)cc([C@H]4C[C@@H]4c4ccc(F)cc4)c(Cl)c3=O)c(C)cn2)c1F. The first-order chi connectivity index (χ1) is 17.7. The van der Waals surface area contributed by atoms with Crippen LogP contribution in [-0.2, 0) is 4.74 Å². The van der Waals surface area contributed by atoms with E-state index in [1.165, 1.54) is 35.9 Å². The van der Waals surface area contributed by atoms with Crippen molar-refractivity contribution in [2.45, 2.75) is 32.1 Å². The van der Waals surface area contributed by atoms with Gasteiger partial charge in [-0.05, 0) is 85.2 Å². The van der Waals surface area contributed by atoms with Gasteiger partial charge in [0, 0.05) is 17.5 Å². The zero-order valence-electron chi connectivity index (χ0n) is 20.4. The summed E-state index contributed by atoms with van der Waals surface area (Å²) < 4.78 is 34.6. The topological polar surface area (TPSA) is 61.2 Å². The average molecular weight is 521 g/mol. The van der Waals surface area contributed by atoms with Gasteiger partial charge in [-0.3, -0.25) is 14.3 Å². The van der Waals surface area contributed by atoms with E-state index in [0.717, 1.165) is 17.5 Å². The number of aryl methyl sites for hydroxylation is 2. The third kappa shape index (κ3) is 4.44. The molecule has 5 rings (SSSR count). The summed E-state index contributed by atoms with van der Waals surface area (Å²) in [6.07, 6.45) is 2.37. The molecule has 0 spiro atoms. The van der Waals surface area contributed by atoms with Crippen LogP contribution < -0.4 is 5.56 Å². The van der Waals surface area contributed by atoms with Crippen LogP contribution >= 0.6 is 11.6 Å². The number of ether oxygens (including phenoxy) is 1. The Balaban J connectivity index is 1.55. The molecule has 0 bridgehead atoms. The second-order valence-electron chi connectivity index (χ2n) is 9.21. The van der Waals surface area contributed by atoms with Crippen molar-refractivity contribution >= 4 is 17.6 Å². The average Bonchev–Trinajstić information content (AvgIpc) is 3.68. The molecule has 0 amide bonds. The Labute approximate surface area is 217 Å². The predicted molar refractivity (Wildman–Crippen MR) is 138 cm³/mol. The Bertz CT molecular complexity index is 1600. The molecule has 2 aromatic carbocycles. The molecule has 2 heterocycles. The summed E-state index contributed by atoms with van der Waals surface area (Å²) in [6.45, 7) is 3.61. The smallest absolute Gasteiger partial charge is 0.340 e. The zero-order valence-corrected chi connectivity index (χ0v) is 21.1. The maximum atomic E-state index is 15.1. The number of esters is 1. The Morgan fingerprint density at radius 2 is 1.81 bits per heavy atom. The fourth-order valence-corrected chi connectivity index (χ4v) is 5.10. The summed E-state index contributed by atoms with van der Waals surface area (Å²) >= 11 is 6.62. The van der Waals surface area contributed by atoms with Crippen LogP contribution in [0.5, 0.6) is 0 Å². The molecule has 4 aromatic rings. The number of hydrogen-bond acceptors (Lipinski definition) is 4. The van der Waals surface area contributed by atoms with Crippen LogP contribution in [0.4, 0.5) is 8.78 Å². The molecule has 0 N–H and O–H groups in total. The van der Waals surface area contributed by atoms with Gasteiger partial charge in [0.25, 0.3) is 5.56 Å². The molecule has 2 atom stereocenters. The number of benzene rings is 2. The molecule has 37 heavy (non-hydrogen) atoms. The van der Waals surface area contributed by atoms with Gasteiger partial charge in [-0.15, -0.1) is 0 Å². The van der Waals surface area contributed by atoms with E-state index in [4.69, 9.17) is 11.6 Å². The molecule has 188 valence electrons. The normalized spacial score (nSPS) is 16.5. The van der Waals surface area contributed by atoms with E-state index in [1.807, 2.05) is 13.0 Å². The molecule has 1 saturated carbocycles. The number of rotatable bonds is 5. The Morgan fingerprint density at radius 3 is 2.51 bits per heavy atom. The second-order valence-corrected chi connectivity index (χ2v) is 9.59. The molecule has 0 radical (unpaired) electrons. The number of aromatic nitrogens is 2. The standard InChI is InChI=1S/C29H23ClF2N2O3/c1-15-14-33-24(19-5-4-6-20(27(19)32)29(36)37-3)13-25(15)34-16(2)11-23(26(30)28(34)35)22-12-21(22)17-7-9-18(31)10-8-17/h4-11,13-14,21-22H,12H2,1-3H3/t21-,22+/m1/s1. The minimum absolute atomic E-state index is 0.0725. The summed E-state index contributed by atoms with van der Waals surface area (Å²) in [5.41, 5.74) is 3.42. The highest BCUT2D eigenvalue weighted by atomic mass is 35.5. The number of halogens is 3. The first kappa shape index (κ1) is 24.8. The zero-order chi connectivity index (χ0) is 26.4. The molecular formula is C29H23ClF2N2O3. The summed E-state index contributed by atoms with van der Waals surface area (Å²) in [5.74, 6) is -1.59. The fraction of sp³-hybridized carbons (Fsp3) is 0.207. The molecule has 0 unspecified atom stereocenters. The molecule has 1 fully saturated rings. The first-order valence-corrected chi connectivity index (χ1v) is 12.1. The minimum Gasteiger partial charge on any atom is -0.465 e. The summed E-state index contributed by atoms with van der Waals surface area (Å²) in [4.78, 5) is 29.8. The van der Waals surface area contributed by atoms with E-state index in [0.29, 0.717) is 16.9 Å². The van der Waals surface area contributed by atoms with Crippen LogP contribution in [0.1, 0.15) is 51.0 Å². The van der Waals surface area contributed by atoms with Gasteiger partial charge in [0.1, 0.15) is 16.7 Å². The highest BCUT2D eigenvalue weighted by molar-refractivity contribution is 6.31. The fourth-order valence-electron chi connectivity index (χ4n) is 4.82. The van der Waals surface area contributed by atoms with Crippen molar-refractivity contribution in [2.24, 2.45) is 0 Å². The second kappa shape index (κ2) is 9.56. The van der Waals surface area contributed by atoms with Gasteiger partial charge in [0.2, 0.25) is 0 Å². The van der Waals surface area contributed by atoms with E-state index < -0.39 is 11.8 Å². The number of carbonyl (C=O) groups is 1. The van der Waals surface area contributed by atoms with E-state index in [2.05, 4.69) is 9.72 Å². The van der Waals surface area contributed by atoms with Crippen molar-refractivity contribution in [1.29, 1.82) is 0 Å². The maximum Gasteiger partial charge on any atom is 0.340 e. The number of methoxy groups -OCH3 is 1. The lowest BCUT2D eigenvalue weighted by Crippen LogP contribution is -2.23. The highest BCUT2D eigenvalue weighted by Crippen LogP contribution is 2.55. The van der Waals surface area contributed by atoms with Crippen molar-refractivity contribution in [3.05, 3.63) is 116 Å². The lowest BCUT2D eigenvalue weighted by Gasteiger charge is -2.17.